The highest BCUT2D eigenvalue weighted by molar-refractivity contribution is 7.81. The van der Waals surface area contributed by atoms with Crippen molar-refractivity contribution in [2.45, 2.75) is 18.6 Å². The van der Waals surface area contributed by atoms with Crippen molar-refractivity contribution in [1.29, 1.82) is 5.26 Å². The summed E-state index contributed by atoms with van der Waals surface area (Å²) >= 11 is 3.87. The molecule has 0 saturated carbocycles. The van der Waals surface area contributed by atoms with E-state index in [1.165, 1.54) is 0 Å². The third-order valence-electron chi connectivity index (χ3n) is 0.536. The Morgan fingerprint density at radius 3 is 2.50 bits per heavy atom. The summed E-state index contributed by atoms with van der Waals surface area (Å²) in [6.45, 7) is 1.93. The van der Waals surface area contributed by atoms with E-state index >= 15 is 0 Å². The minimum absolute atomic E-state index is 0.0648. The Hall–Kier alpha value is -0.160. The van der Waals surface area contributed by atoms with Crippen LogP contribution >= 0.6 is 12.6 Å². The smallest absolute Gasteiger partial charge is 0.0884 e. The Balaban J connectivity index is 3.04. The lowest BCUT2D eigenvalue weighted by atomic mass is 10.4. The van der Waals surface area contributed by atoms with E-state index in [4.69, 9.17) is 5.26 Å². The van der Waals surface area contributed by atoms with E-state index in [1.807, 2.05) is 13.0 Å². The fourth-order valence-electron chi connectivity index (χ4n) is 0.0913. The van der Waals surface area contributed by atoms with Gasteiger partial charge < -0.3 is 0 Å². The van der Waals surface area contributed by atoms with Crippen LogP contribution in [0.1, 0.15) is 13.3 Å². The van der Waals surface area contributed by atoms with Gasteiger partial charge in [0, 0.05) is 0 Å². The molecule has 0 heterocycles. The Morgan fingerprint density at radius 2 is 2.50 bits per heavy atom. The van der Waals surface area contributed by atoms with Crippen LogP contribution in [0.2, 0.25) is 0 Å². The van der Waals surface area contributed by atoms with Crippen LogP contribution in [-0.2, 0) is 0 Å². The van der Waals surface area contributed by atoms with Gasteiger partial charge in [-0.05, 0) is 6.42 Å². The van der Waals surface area contributed by atoms with Crippen LogP contribution in [0.3, 0.4) is 0 Å². The normalized spacial score (nSPS) is 12.8. The summed E-state index contributed by atoms with van der Waals surface area (Å²) < 4.78 is 0. The van der Waals surface area contributed by atoms with Gasteiger partial charge in [-0.2, -0.15) is 17.9 Å². The first-order chi connectivity index (χ1) is 2.81. The Morgan fingerprint density at radius 1 is 2.00 bits per heavy atom. The summed E-state index contributed by atoms with van der Waals surface area (Å²) in [5.41, 5.74) is 0. The van der Waals surface area contributed by atoms with Crippen LogP contribution in [0.5, 0.6) is 0 Å². The molecule has 0 aliphatic rings. The molecule has 0 fully saturated rings. The van der Waals surface area contributed by atoms with E-state index in [2.05, 4.69) is 12.6 Å². The molecule has 0 amide bonds. The molecule has 1 nitrogen and oxygen atoms in total. The van der Waals surface area contributed by atoms with E-state index in [-0.39, 0.29) is 5.25 Å². The Labute approximate surface area is 43.4 Å². The summed E-state index contributed by atoms with van der Waals surface area (Å²) in [7, 11) is 0. The van der Waals surface area contributed by atoms with Gasteiger partial charge in [0.2, 0.25) is 0 Å². The van der Waals surface area contributed by atoms with Gasteiger partial charge in [-0.15, -0.1) is 0 Å². The van der Waals surface area contributed by atoms with Gasteiger partial charge in [-0.3, -0.25) is 0 Å². The fraction of sp³-hybridized carbons (Fsp3) is 0.750. The second-order valence-corrected chi connectivity index (χ2v) is 1.68. The quantitative estimate of drug-likeness (QED) is 0.493. The molecule has 1 atom stereocenters. The largest absolute Gasteiger partial charge is 0.197 e. The van der Waals surface area contributed by atoms with Gasteiger partial charge >= 0.3 is 0 Å². The van der Waals surface area contributed by atoms with Gasteiger partial charge in [0.25, 0.3) is 0 Å². The maximum atomic E-state index is 8.01. The zero-order chi connectivity index (χ0) is 4.99. The molecule has 0 bridgehead atoms. The summed E-state index contributed by atoms with van der Waals surface area (Å²) in [5.74, 6) is 0. The van der Waals surface area contributed by atoms with Crippen LogP contribution in [0, 0.1) is 11.3 Å². The molecule has 0 aromatic rings. The molecule has 0 rings (SSSR count). The molecular weight excluding hydrogens is 94.1 g/mol. The second-order valence-electron chi connectivity index (χ2n) is 1.05. The van der Waals surface area contributed by atoms with Gasteiger partial charge in [0.15, 0.2) is 0 Å². The average molecular weight is 101 g/mol. The Bertz CT molecular complexity index is 64.4. The van der Waals surface area contributed by atoms with E-state index in [0.717, 1.165) is 6.42 Å². The lowest BCUT2D eigenvalue weighted by Crippen LogP contribution is -1.86. The maximum absolute atomic E-state index is 8.01. The number of nitrogens with zero attached hydrogens (tertiary/aromatic N) is 1. The minimum Gasteiger partial charge on any atom is -0.197 e. The predicted octanol–water partition coefficient (Wildman–Crippen LogP) is 1.22. The monoisotopic (exact) mass is 101 g/mol. The topological polar surface area (TPSA) is 23.8 Å². The molecule has 0 spiro atoms. The highest BCUT2D eigenvalue weighted by Crippen LogP contribution is 1.94. The molecule has 34 valence electrons. The SMILES string of the molecule is CCC(S)C#N. The third kappa shape index (κ3) is 2.10. The first kappa shape index (κ1) is 5.84. The van der Waals surface area contributed by atoms with Crippen LogP contribution in [0.4, 0.5) is 0 Å². The molecular formula is C4H7NS. The number of rotatable bonds is 1. The van der Waals surface area contributed by atoms with Crippen LogP contribution < -0.4 is 0 Å². The molecule has 0 N–H and O–H groups in total. The van der Waals surface area contributed by atoms with Crippen LogP contribution in [0.25, 0.3) is 0 Å². The van der Waals surface area contributed by atoms with E-state index < -0.39 is 0 Å². The van der Waals surface area contributed by atoms with Gasteiger partial charge in [-0.1, -0.05) is 6.92 Å². The van der Waals surface area contributed by atoms with Crippen LogP contribution in [0.15, 0.2) is 0 Å². The van der Waals surface area contributed by atoms with Crippen molar-refractivity contribution in [3.63, 3.8) is 0 Å². The zero-order valence-electron chi connectivity index (χ0n) is 3.68. The van der Waals surface area contributed by atoms with E-state index in [0.29, 0.717) is 0 Å². The molecule has 0 aromatic heterocycles. The number of hydrogen-bond donors (Lipinski definition) is 1. The first-order valence-corrected chi connectivity index (χ1v) is 2.40. The molecule has 1 unspecified atom stereocenters. The fourth-order valence-corrected chi connectivity index (χ4v) is 0.0913. The van der Waals surface area contributed by atoms with E-state index in [9.17, 15) is 0 Å². The number of nitriles is 1. The highest BCUT2D eigenvalue weighted by atomic mass is 32.1. The predicted molar refractivity (Wildman–Crippen MR) is 28.7 cm³/mol. The van der Waals surface area contributed by atoms with Crippen molar-refractivity contribution in [3.05, 3.63) is 0 Å². The molecule has 2 heteroatoms. The second kappa shape index (κ2) is 3.05. The molecule has 0 radical (unpaired) electrons. The number of thiol groups is 1. The van der Waals surface area contributed by atoms with Gasteiger partial charge in [-0.25, -0.2) is 0 Å². The molecule has 6 heavy (non-hydrogen) atoms. The first-order valence-electron chi connectivity index (χ1n) is 1.89. The van der Waals surface area contributed by atoms with Crippen molar-refractivity contribution in [1.82, 2.24) is 0 Å². The lowest BCUT2D eigenvalue weighted by Gasteiger charge is -1.86. The summed E-state index contributed by atoms with van der Waals surface area (Å²) in [4.78, 5) is 0. The highest BCUT2D eigenvalue weighted by Gasteiger charge is 1.89. The van der Waals surface area contributed by atoms with Crippen LogP contribution in [-0.4, -0.2) is 5.25 Å². The summed E-state index contributed by atoms with van der Waals surface area (Å²) in [5, 5.41) is 7.94. The summed E-state index contributed by atoms with van der Waals surface area (Å²) in [6, 6.07) is 1.98. The minimum atomic E-state index is -0.0648. The average Bonchev–Trinajstić information content (AvgIpc) is 1.65. The Kier molecular flexibility index (Phi) is 2.97. The van der Waals surface area contributed by atoms with Crippen molar-refractivity contribution in [3.8, 4) is 6.07 Å². The lowest BCUT2D eigenvalue weighted by molar-refractivity contribution is 0.993. The molecule has 0 aromatic carbocycles. The molecule has 0 aliphatic heterocycles. The maximum Gasteiger partial charge on any atom is 0.0884 e. The van der Waals surface area contributed by atoms with E-state index in [1.54, 1.807) is 0 Å². The van der Waals surface area contributed by atoms with Crippen molar-refractivity contribution in [2.24, 2.45) is 0 Å². The molecule has 0 saturated heterocycles. The zero-order valence-corrected chi connectivity index (χ0v) is 4.57. The van der Waals surface area contributed by atoms with Crippen molar-refractivity contribution in [2.75, 3.05) is 0 Å². The molecule has 0 aliphatic carbocycles. The number of hydrogen-bond acceptors (Lipinski definition) is 2. The third-order valence-corrected chi connectivity index (χ3v) is 1.02. The summed E-state index contributed by atoms with van der Waals surface area (Å²) in [6.07, 6.45) is 0.833. The standard InChI is InChI=1S/C4H7NS/c1-2-4(6)3-5/h4,6H,2H2,1H3. The van der Waals surface area contributed by atoms with Crippen molar-refractivity contribution >= 4 is 12.6 Å². The van der Waals surface area contributed by atoms with Gasteiger partial charge in [0.1, 0.15) is 0 Å². The van der Waals surface area contributed by atoms with Gasteiger partial charge in [0.05, 0.1) is 11.3 Å². The van der Waals surface area contributed by atoms with Crippen molar-refractivity contribution < 1.29 is 0 Å².